The van der Waals surface area contributed by atoms with Crippen LogP contribution >= 0.6 is 0 Å². The van der Waals surface area contributed by atoms with Crippen LogP contribution in [0.1, 0.15) is 13.8 Å². The van der Waals surface area contributed by atoms with Gasteiger partial charge in [-0.25, -0.2) is 0 Å². The van der Waals surface area contributed by atoms with Crippen LogP contribution < -0.4 is 10.2 Å². The molecule has 2 heteroatoms. The number of hydrogen-bond donors (Lipinski definition) is 1. The first-order valence-electron chi connectivity index (χ1n) is 4.66. The van der Waals surface area contributed by atoms with Gasteiger partial charge in [-0.05, 0) is 26.0 Å². The summed E-state index contributed by atoms with van der Waals surface area (Å²) in [5, 5.41) is 3.19. The Morgan fingerprint density at radius 3 is 2.38 bits per heavy atom. The van der Waals surface area contributed by atoms with Gasteiger partial charge in [0.05, 0.1) is 11.4 Å². The van der Waals surface area contributed by atoms with Crippen LogP contribution in [-0.4, -0.2) is 20.1 Å². The van der Waals surface area contributed by atoms with E-state index in [9.17, 15) is 0 Å². The van der Waals surface area contributed by atoms with Gasteiger partial charge in [0.15, 0.2) is 0 Å². The molecule has 0 aliphatic rings. The Hall–Kier alpha value is -1.18. The number of anilines is 2. The van der Waals surface area contributed by atoms with Gasteiger partial charge in [0, 0.05) is 20.1 Å². The molecule has 0 atom stereocenters. The fourth-order valence-corrected chi connectivity index (χ4v) is 1.27. The van der Waals surface area contributed by atoms with E-state index in [2.05, 4.69) is 49.3 Å². The van der Waals surface area contributed by atoms with Crippen molar-refractivity contribution in [3.63, 3.8) is 0 Å². The third-order valence-electron chi connectivity index (χ3n) is 2.33. The van der Waals surface area contributed by atoms with E-state index in [1.54, 1.807) is 0 Å². The second kappa shape index (κ2) is 4.17. The highest BCUT2D eigenvalue weighted by Gasteiger charge is 2.07. The summed E-state index contributed by atoms with van der Waals surface area (Å²) in [5.41, 5.74) is 2.43. The van der Waals surface area contributed by atoms with Crippen molar-refractivity contribution in [3.05, 3.63) is 24.3 Å². The number of rotatable bonds is 3. The third kappa shape index (κ3) is 2.14. The number of nitrogens with one attached hydrogen (secondary N) is 1. The standard InChI is InChI=1S/C11H18N2/c1-9(2)13(4)11-8-6-5-7-10(11)12-3/h5-9,12H,1-4H3. The Bertz CT molecular complexity index is 269. The molecule has 1 N–H and O–H groups in total. The van der Waals surface area contributed by atoms with E-state index < -0.39 is 0 Å². The predicted octanol–water partition coefficient (Wildman–Crippen LogP) is 2.57. The number of nitrogens with zero attached hydrogens (tertiary/aromatic N) is 1. The zero-order valence-corrected chi connectivity index (χ0v) is 8.83. The van der Waals surface area contributed by atoms with Crippen molar-refractivity contribution in [1.82, 2.24) is 0 Å². The lowest BCUT2D eigenvalue weighted by atomic mass is 10.2. The van der Waals surface area contributed by atoms with Crippen LogP contribution in [0.4, 0.5) is 11.4 Å². The normalized spacial score (nSPS) is 10.2. The Labute approximate surface area is 80.6 Å². The highest BCUT2D eigenvalue weighted by atomic mass is 15.1. The maximum Gasteiger partial charge on any atom is 0.0601 e. The van der Waals surface area contributed by atoms with Crippen molar-refractivity contribution in [2.24, 2.45) is 0 Å². The summed E-state index contributed by atoms with van der Waals surface area (Å²) in [6.45, 7) is 4.37. The summed E-state index contributed by atoms with van der Waals surface area (Å²) in [7, 11) is 4.06. The monoisotopic (exact) mass is 178 g/mol. The summed E-state index contributed by atoms with van der Waals surface area (Å²) in [4.78, 5) is 2.26. The molecule has 0 fully saturated rings. The molecular formula is C11H18N2. The highest BCUT2D eigenvalue weighted by Crippen LogP contribution is 2.24. The molecule has 0 saturated carbocycles. The van der Waals surface area contributed by atoms with Crippen LogP contribution in [-0.2, 0) is 0 Å². The number of benzene rings is 1. The molecule has 0 radical (unpaired) electrons. The minimum atomic E-state index is 0.523. The molecule has 2 nitrogen and oxygen atoms in total. The quantitative estimate of drug-likeness (QED) is 0.765. The van der Waals surface area contributed by atoms with Crippen LogP contribution in [0.5, 0.6) is 0 Å². The van der Waals surface area contributed by atoms with Gasteiger partial charge >= 0.3 is 0 Å². The van der Waals surface area contributed by atoms with Crippen LogP contribution in [0.2, 0.25) is 0 Å². The smallest absolute Gasteiger partial charge is 0.0601 e. The summed E-state index contributed by atoms with van der Waals surface area (Å²) in [6.07, 6.45) is 0. The second-order valence-electron chi connectivity index (χ2n) is 3.47. The number of hydrogen-bond acceptors (Lipinski definition) is 2. The Kier molecular flexibility index (Phi) is 3.18. The van der Waals surface area contributed by atoms with Gasteiger partial charge in [0.2, 0.25) is 0 Å². The summed E-state index contributed by atoms with van der Waals surface area (Å²) in [5.74, 6) is 0. The minimum absolute atomic E-state index is 0.523. The first kappa shape index (κ1) is 9.90. The van der Waals surface area contributed by atoms with E-state index in [4.69, 9.17) is 0 Å². The molecule has 1 aromatic carbocycles. The zero-order valence-electron chi connectivity index (χ0n) is 8.83. The SMILES string of the molecule is CNc1ccccc1N(C)C(C)C. The summed E-state index contributed by atoms with van der Waals surface area (Å²) in [6, 6.07) is 8.85. The van der Waals surface area contributed by atoms with E-state index in [1.165, 1.54) is 11.4 Å². The Balaban J connectivity index is 2.98. The van der Waals surface area contributed by atoms with Crippen LogP contribution in [0.25, 0.3) is 0 Å². The lowest BCUT2D eigenvalue weighted by molar-refractivity contribution is 0.755. The molecule has 72 valence electrons. The molecule has 1 rings (SSSR count). The third-order valence-corrected chi connectivity index (χ3v) is 2.33. The Morgan fingerprint density at radius 1 is 1.23 bits per heavy atom. The molecule has 0 spiro atoms. The van der Waals surface area contributed by atoms with E-state index in [-0.39, 0.29) is 0 Å². The van der Waals surface area contributed by atoms with Crippen LogP contribution in [0.3, 0.4) is 0 Å². The number of para-hydroxylation sites is 2. The average molecular weight is 178 g/mol. The first-order chi connectivity index (χ1) is 6.16. The Morgan fingerprint density at radius 2 is 1.85 bits per heavy atom. The molecule has 0 saturated heterocycles. The maximum absolute atomic E-state index is 3.19. The minimum Gasteiger partial charge on any atom is -0.386 e. The molecular weight excluding hydrogens is 160 g/mol. The van der Waals surface area contributed by atoms with Crippen molar-refractivity contribution < 1.29 is 0 Å². The largest absolute Gasteiger partial charge is 0.386 e. The molecule has 0 aliphatic heterocycles. The van der Waals surface area contributed by atoms with Crippen molar-refractivity contribution in [2.45, 2.75) is 19.9 Å². The average Bonchev–Trinajstić information content (AvgIpc) is 2.16. The summed E-state index contributed by atoms with van der Waals surface area (Å²) < 4.78 is 0. The topological polar surface area (TPSA) is 15.3 Å². The predicted molar refractivity (Wildman–Crippen MR) is 59.5 cm³/mol. The van der Waals surface area contributed by atoms with E-state index in [0.717, 1.165) is 0 Å². The molecule has 13 heavy (non-hydrogen) atoms. The van der Waals surface area contributed by atoms with Gasteiger partial charge in [0.25, 0.3) is 0 Å². The van der Waals surface area contributed by atoms with Crippen molar-refractivity contribution >= 4 is 11.4 Å². The zero-order chi connectivity index (χ0) is 9.84. The highest BCUT2D eigenvalue weighted by molar-refractivity contribution is 5.69. The lowest BCUT2D eigenvalue weighted by Gasteiger charge is -2.26. The van der Waals surface area contributed by atoms with E-state index in [1.807, 2.05) is 13.1 Å². The van der Waals surface area contributed by atoms with Gasteiger partial charge in [-0.1, -0.05) is 12.1 Å². The molecule has 1 aromatic rings. The van der Waals surface area contributed by atoms with Gasteiger partial charge in [-0.15, -0.1) is 0 Å². The van der Waals surface area contributed by atoms with Crippen molar-refractivity contribution in [3.8, 4) is 0 Å². The first-order valence-corrected chi connectivity index (χ1v) is 4.66. The molecule has 0 amide bonds. The summed E-state index contributed by atoms with van der Waals surface area (Å²) >= 11 is 0. The lowest BCUT2D eigenvalue weighted by Crippen LogP contribution is -2.26. The molecule has 0 aliphatic carbocycles. The van der Waals surface area contributed by atoms with Gasteiger partial charge in [-0.2, -0.15) is 0 Å². The fourth-order valence-electron chi connectivity index (χ4n) is 1.27. The van der Waals surface area contributed by atoms with Crippen LogP contribution in [0.15, 0.2) is 24.3 Å². The van der Waals surface area contributed by atoms with Gasteiger partial charge in [0.1, 0.15) is 0 Å². The van der Waals surface area contributed by atoms with Crippen molar-refractivity contribution in [1.29, 1.82) is 0 Å². The fraction of sp³-hybridized carbons (Fsp3) is 0.455. The van der Waals surface area contributed by atoms with Gasteiger partial charge in [-0.3, -0.25) is 0 Å². The molecule has 0 bridgehead atoms. The van der Waals surface area contributed by atoms with E-state index in [0.29, 0.717) is 6.04 Å². The van der Waals surface area contributed by atoms with Crippen LogP contribution in [0, 0.1) is 0 Å². The van der Waals surface area contributed by atoms with E-state index >= 15 is 0 Å². The molecule has 0 aromatic heterocycles. The maximum atomic E-state index is 3.19. The molecule has 0 unspecified atom stereocenters. The second-order valence-corrected chi connectivity index (χ2v) is 3.47. The molecule has 0 heterocycles. The van der Waals surface area contributed by atoms with Crippen molar-refractivity contribution in [2.75, 3.05) is 24.3 Å². The van der Waals surface area contributed by atoms with Gasteiger partial charge < -0.3 is 10.2 Å².